The van der Waals surface area contributed by atoms with Gasteiger partial charge in [-0.05, 0) is 38.0 Å². The van der Waals surface area contributed by atoms with Crippen LogP contribution < -0.4 is 11.1 Å². The number of guanidine groups is 1. The highest BCUT2D eigenvalue weighted by atomic mass is 127. The SMILES string of the molecule is CCc1cccc(NC(N)=NCc2nc(C)sc2C)c1.I. The topological polar surface area (TPSA) is 63.3 Å². The second kappa shape index (κ2) is 8.33. The van der Waals surface area contributed by atoms with Crippen molar-refractivity contribution in [1.29, 1.82) is 0 Å². The molecule has 0 aliphatic heterocycles. The number of nitrogens with two attached hydrogens (primary N) is 1. The van der Waals surface area contributed by atoms with Gasteiger partial charge < -0.3 is 11.1 Å². The molecule has 0 aliphatic rings. The number of aryl methyl sites for hydroxylation is 3. The number of hydrogen-bond acceptors (Lipinski definition) is 3. The molecule has 1 heterocycles. The molecule has 4 nitrogen and oxygen atoms in total. The van der Waals surface area contributed by atoms with E-state index in [0.717, 1.165) is 22.8 Å². The van der Waals surface area contributed by atoms with Gasteiger partial charge in [0.2, 0.25) is 0 Å². The van der Waals surface area contributed by atoms with E-state index in [1.54, 1.807) is 11.3 Å². The van der Waals surface area contributed by atoms with Gasteiger partial charge in [0.15, 0.2) is 5.96 Å². The molecule has 21 heavy (non-hydrogen) atoms. The normalized spacial score (nSPS) is 11.1. The first-order chi connectivity index (χ1) is 9.58. The first-order valence-electron chi connectivity index (χ1n) is 6.67. The van der Waals surface area contributed by atoms with Gasteiger partial charge >= 0.3 is 0 Å². The fraction of sp³-hybridized carbons (Fsp3) is 0.333. The first kappa shape index (κ1) is 17.9. The fourth-order valence-electron chi connectivity index (χ4n) is 1.94. The van der Waals surface area contributed by atoms with Crippen LogP contribution in [0.15, 0.2) is 29.3 Å². The Morgan fingerprint density at radius 2 is 2.14 bits per heavy atom. The Labute approximate surface area is 146 Å². The highest BCUT2D eigenvalue weighted by Crippen LogP contribution is 2.17. The molecule has 0 aliphatic carbocycles. The summed E-state index contributed by atoms with van der Waals surface area (Å²) in [5.41, 5.74) is 9.16. The van der Waals surface area contributed by atoms with E-state index in [-0.39, 0.29) is 24.0 Å². The molecule has 0 saturated carbocycles. The van der Waals surface area contributed by atoms with Gasteiger partial charge in [-0.3, -0.25) is 0 Å². The van der Waals surface area contributed by atoms with Crippen molar-refractivity contribution in [3.8, 4) is 0 Å². The van der Waals surface area contributed by atoms with Crippen molar-refractivity contribution in [1.82, 2.24) is 4.98 Å². The molecule has 0 fully saturated rings. The Kier molecular flexibility index (Phi) is 7.10. The molecule has 1 aromatic carbocycles. The number of nitrogens with one attached hydrogen (secondary N) is 1. The van der Waals surface area contributed by atoms with Gasteiger partial charge in [0, 0.05) is 10.6 Å². The summed E-state index contributed by atoms with van der Waals surface area (Å²) in [7, 11) is 0. The molecule has 0 unspecified atom stereocenters. The Balaban J connectivity index is 0.00000220. The maximum atomic E-state index is 5.92. The van der Waals surface area contributed by atoms with Crippen molar-refractivity contribution in [2.24, 2.45) is 10.7 Å². The van der Waals surface area contributed by atoms with Crippen LogP contribution in [0.25, 0.3) is 0 Å². The maximum Gasteiger partial charge on any atom is 0.193 e. The van der Waals surface area contributed by atoms with Crippen molar-refractivity contribution >= 4 is 47.0 Å². The van der Waals surface area contributed by atoms with Crippen LogP contribution in [-0.2, 0) is 13.0 Å². The summed E-state index contributed by atoms with van der Waals surface area (Å²) in [6.45, 7) is 6.71. The van der Waals surface area contributed by atoms with Crippen molar-refractivity contribution in [3.63, 3.8) is 0 Å². The molecule has 1 aromatic heterocycles. The predicted octanol–water partition coefficient (Wildman–Crippen LogP) is 3.87. The number of benzene rings is 1. The second-order valence-corrected chi connectivity index (χ2v) is 6.02. The zero-order valence-corrected chi connectivity index (χ0v) is 15.7. The van der Waals surface area contributed by atoms with E-state index >= 15 is 0 Å². The number of aromatic nitrogens is 1. The van der Waals surface area contributed by atoms with E-state index in [9.17, 15) is 0 Å². The van der Waals surface area contributed by atoms with Crippen molar-refractivity contribution in [2.75, 3.05) is 5.32 Å². The van der Waals surface area contributed by atoms with E-state index < -0.39 is 0 Å². The molecular weight excluding hydrogens is 395 g/mol. The van der Waals surface area contributed by atoms with Crippen LogP contribution in [-0.4, -0.2) is 10.9 Å². The van der Waals surface area contributed by atoms with Gasteiger partial charge in [-0.2, -0.15) is 0 Å². The molecule has 114 valence electrons. The first-order valence-corrected chi connectivity index (χ1v) is 7.49. The van der Waals surface area contributed by atoms with Crippen LogP contribution in [0.3, 0.4) is 0 Å². The molecule has 6 heteroatoms. The minimum atomic E-state index is 0. The van der Waals surface area contributed by atoms with Crippen LogP contribution in [0.2, 0.25) is 0 Å². The fourth-order valence-corrected chi connectivity index (χ4v) is 2.76. The molecule has 0 bridgehead atoms. The molecule has 0 atom stereocenters. The lowest BCUT2D eigenvalue weighted by Crippen LogP contribution is -2.22. The summed E-state index contributed by atoms with van der Waals surface area (Å²) >= 11 is 1.69. The quantitative estimate of drug-likeness (QED) is 0.452. The van der Waals surface area contributed by atoms with E-state index in [4.69, 9.17) is 5.73 Å². The molecule has 0 spiro atoms. The second-order valence-electron chi connectivity index (χ2n) is 4.62. The number of nitrogens with zero attached hydrogens (tertiary/aromatic N) is 2. The molecule has 0 amide bonds. The number of rotatable bonds is 4. The Hall–Kier alpha value is -1.15. The lowest BCUT2D eigenvalue weighted by atomic mass is 10.1. The van der Waals surface area contributed by atoms with Crippen LogP contribution in [0, 0.1) is 13.8 Å². The van der Waals surface area contributed by atoms with Crippen LogP contribution in [0.1, 0.15) is 28.1 Å². The predicted molar refractivity (Wildman–Crippen MR) is 102 cm³/mol. The summed E-state index contributed by atoms with van der Waals surface area (Å²) in [4.78, 5) is 9.99. The Bertz CT molecular complexity index is 622. The van der Waals surface area contributed by atoms with Gasteiger partial charge in [0.05, 0.1) is 17.2 Å². The minimum Gasteiger partial charge on any atom is -0.370 e. The van der Waals surface area contributed by atoms with Gasteiger partial charge in [0.25, 0.3) is 0 Å². The third kappa shape index (κ3) is 5.28. The van der Waals surface area contributed by atoms with Crippen molar-refractivity contribution in [3.05, 3.63) is 45.4 Å². The molecule has 2 aromatic rings. The summed E-state index contributed by atoms with van der Waals surface area (Å²) < 4.78 is 0. The summed E-state index contributed by atoms with van der Waals surface area (Å²) in [5.74, 6) is 0.420. The highest BCUT2D eigenvalue weighted by molar-refractivity contribution is 14.0. The molecule has 0 saturated heterocycles. The third-order valence-electron chi connectivity index (χ3n) is 3.01. The monoisotopic (exact) mass is 416 g/mol. The van der Waals surface area contributed by atoms with E-state index in [1.165, 1.54) is 10.4 Å². The zero-order chi connectivity index (χ0) is 14.5. The molecular formula is C15H21IN4S. The number of aliphatic imine (C=N–C) groups is 1. The largest absolute Gasteiger partial charge is 0.370 e. The average molecular weight is 416 g/mol. The molecule has 2 rings (SSSR count). The smallest absolute Gasteiger partial charge is 0.193 e. The summed E-state index contributed by atoms with van der Waals surface area (Å²) in [6, 6.07) is 8.18. The van der Waals surface area contributed by atoms with E-state index in [1.807, 2.05) is 19.1 Å². The van der Waals surface area contributed by atoms with Crippen molar-refractivity contribution < 1.29 is 0 Å². The summed E-state index contributed by atoms with van der Waals surface area (Å²) in [5, 5.41) is 4.18. The Morgan fingerprint density at radius 3 is 2.76 bits per heavy atom. The minimum absolute atomic E-state index is 0. The van der Waals surface area contributed by atoms with E-state index in [0.29, 0.717) is 12.5 Å². The third-order valence-corrected chi connectivity index (χ3v) is 3.93. The van der Waals surface area contributed by atoms with Gasteiger partial charge in [0.1, 0.15) is 0 Å². The Morgan fingerprint density at radius 1 is 1.38 bits per heavy atom. The number of thiazole rings is 1. The van der Waals surface area contributed by atoms with E-state index in [2.05, 4.69) is 41.3 Å². The molecule has 0 radical (unpaired) electrons. The standard InChI is InChI=1S/C15H20N4S.HI/c1-4-12-6-5-7-13(8-12)19-15(16)17-9-14-10(2)20-11(3)18-14;/h5-8H,4,9H2,1-3H3,(H3,16,17,19);1H. The van der Waals surface area contributed by atoms with Crippen LogP contribution in [0.5, 0.6) is 0 Å². The van der Waals surface area contributed by atoms with Crippen LogP contribution >= 0.6 is 35.3 Å². The zero-order valence-electron chi connectivity index (χ0n) is 12.5. The van der Waals surface area contributed by atoms with Crippen molar-refractivity contribution in [2.45, 2.75) is 33.7 Å². The van der Waals surface area contributed by atoms with Crippen LogP contribution in [0.4, 0.5) is 5.69 Å². The number of hydrogen-bond donors (Lipinski definition) is 2. The highest BCUT2D eigenvalue weighted by Gasteiger charge is 2.04. The summed E-state index contributed by atoms with van der Waals surface area (Å²) in [6.07, 6.45) is 1.00. The lowest BCUT2D eigenvalue weighted by molar-refractivity contribution is 0.980. The molecule has 3 N–H and O–H groups in total. The maximum absolute atomic E-state index is 5.92. The number of halogens is 1. The van der Waals surface area contributed by atoms with Gasteiger partial charge in [-0.1, -0.05) is 19.1 Å². The number of anilines is 1. The lowest BCUT2D eigenvalue weighted by Gasteiger charge is -2.06. The van der Waals surface area contributed by atoms with Gasteiger partial charge in [-0.15, -0.1) is 35.3 Å². The van der Waals surface area contributed by atoms with Gasteiger partial charge in [-0.25, -0.2) is 9.98 Å². The average Bonchev–Trinajstić information content (AvgIpc) is 2.75.